The molecule has 0 atom stereocenters. The van der Waals surface area contributed by atoms with E-state index in [2.05, 4.69) is 41.2 Å². The summed E-state index contributed by atoms with van der Waals surface area (Å²) in [6.07, 6.45) is 11.9. The molecule has 8 radical (unpaired) electrons. The first-order chi connectivity index (χ1) is 52.3. The summed E-state index contributed by atoms with van der Waals surface area (Å²) in [6, 6.07) is 26.5. The summed E-state index contributed by atoms with van der Waals surface area (Å²) in [6.45, 7) is 8.96. The van der Waals surface area contributed by atoms with Crippen LogP contribution in [0.2, 0.25) is 0 Å². The summed E-state index contributed by atoms with van der Waals surface area (Å²) in [7, 11) is 22.9. The quantitative estimate of drug-likeness (QED) is 0.0228. The highest BCUT2D eigenvalue weighted by Crippen LogP contribution is 2.22. The molecule has 8 aromatic rings. The highest BCUT2D eigenvalue weighted by Gasteiger charge is 2.33. The second kappa shape index (κ2) is 49.2. The topological polar surface area (TPSA) is 320 Å². The van der Waals surface area contributed by atoms with Crippen molar-refractivity contribution in [1.29, 1.82) is 0 Å². The third-order valence-corrected chi connectivity index (χ3v) is 15.7. The van der Waals surface area contributed by atoms with Gasteiger partial charge in [0.1, 0.15) is 54.4 Å². The molecule has 4 aromatic heterocycles. The van der Waals surface area contributed by atoms with E-state index in [0.717, 1.165) is 0 Å². The Balaban J connectivity index is 0.753. The van der Waals surface area contributed by atoms with E-state index < -0.39 is 17.4 Å². The van der Waals surface area contributed by atoms with Gasteiger partial charge in [0.25, 0.3) is 0 Å². The predicted octanol–water partition coefficient (Wildman–Crippen LogP) is 2.19. The molecule has 0 bridgehead atoms. The summed E-state index contributed by atoms with van der Waals surface area (Å²) in [4.78, 5) is 49.6. The van der Waals surface area contributed by atoms with Crippen LogP contribution in [0.25, 0.3) is 0 Å². The Labute approximate surface area is 628 Å². The molecule has 4 heterocycles. The van der Waals surface area contributed by atoms with Gasteiger partial charge in [-0.05, 0) is 74.2 Å². The number of ether oxygens (including phenoxy) is 14. The van der Waals surface area contributed by atoms with Gasteiger partial charge in [0.15, 0.2) is 0 Å². The third kappa shape index (κ3) is 35.6. The largest absolute Gasteiger partial charge is 0.427 e. The Morgan fingerprint density at radius 2 is 0.505 bits per heavy atom. The molecule has 4 aromatic carbocycles. The SMILES string of the molecule is [B]c1ccc(OC(=O)CCc2cn(CCCOCCOCCCOCC(COCCCOCCOCCCn3cc(CCC(=O)Oc4ccc([B])cc4)nn3)(COCCOCCn3cc(CCC(=O)Oc4ccc([B])cc4)nn3)COCCOCCn3cc(CCC(=O)Oc4ccc([B])cc4)nn3)nn2)cc1. The summed E-state index contributed by atoms with van der Waals surface area (Å²) >= 11 is 0. The average Bonchev–Trinajstić information content (AvgIpc) is 1.81. The van der Waals surface area contributed by atoms with Crippen LogP contribution in [0.15, 0.2) is 122 Å². The lowest BCUT2D eigenvalue weighted by Gasteiger charge is -2.33. The molecule has 0 aliphatic heterocycles. The van der Waals surface area contributed by atoms with Crippen molar-refractivity contribution in [1.82, 2.24) is 60.0 Å². The fourth-order valence-electron chi connectivity index (χ4n) is 10.0. The van der Waals surface area contributed by atoms with Crippen LogP contribution in [0.1, 0.15) is 74.1 Å². The standard InChI is InChI=1S/C73H92B4N12O18/c74-57-5-17-65(18-6-57)104-69(90)25-13-61-49-86(82-78-61)29-1-33-94-41-43-96-35-3-37-100-53-73(55-102-47-45-98-39-31-88-51-63(80-84-88)15-27-71(92)106-67-21-9-59(76)10-22-67,56-103-48-46-99-40-32-89-52-64(81-85-89)16-28-72(93)107-68-23-11-60(77)12-24-68)54-101-38-4-36-97-44-42-95-34-2-30-87-50-62(79-83-87)14-26-70(91)105-66-19-7-58(75)8-20-66/h5-12,17-24,49-52H,1-4,13-16,25-48,53-56H2. The van der Waals surface area contributed by atoms with Crippen molar-refractivity contribution in [3.8, 4) is 23.0 Å². The van der Waals surface area contributed by atoms with Gasteiger partial charge in [-0.1, -0.05) is 91.2 Å². The molecule has 0 saturated heterocycles. The van der Waals surface area contributed by atoms with E-state index in [4.69, 9.17) is 97.7 Å². The van der Waals surface area contributed by atoms with Crippen LogP contribution in [0.5, 0.6) is 23.0 Å². The minimum absolute atomic E-state index is 0.124. The molecule has 30 nitrogen and oxygen atoms in total. The Morgan fingerprint density at radius 1 is 0.280 bits per heavy atom. The van der Waals surface area contributed by atoms with Crippen LogP contribution in [0.4, 0.5) is 0 Å². The number of esters is 4. The Kier molecular flexibility index (Phi) is 38.5. The van der Waals surface area contributed by atoms with Crippen LogP contribution in [-0.4, -0.2) is 247 Å². The molecule has 0 spiro atoms. The fraction of sp³-hybridized carbons (Fsp3) is 0.507. The van der Waals surface area contributed by atoms with Gasteiger partial charge in [-0.3, -0.25) is 28.5 Å². The minimum atomic E-state index is -0.762. The van der Waals surface area contributed by atoms with Crippen LogP contribution in [0, 0.1) is 5.41 Å². The van der Waals surface area contributed by atoms with Crippen LogP contribution in [-0.2, 0) is 118 Å². The van der Waals surface area contributed by atoms with E-state index in [1.54, 1.807) is 128 Å². The highest BCUT2D eigenvalue weighted by molar-refractivity contribution is 6.33. The smallest absolute Gasteiger partial charge is 0.311 e. The molecule has 107 heavy (non-hydrogen) atoms. The monoisotopic (exact) mass is 1470 g/mol. The second-order valence-corrected chi connectivity index (χ2v) is 24.9. The summed E-state index contributed by atoms with van der Waals surface area (Å²) < 4.78 is 89.1. The van der Waals surface area contributed by atoms with Crippen molar-refractivity contribution in [2.75, 3.05) is 132 Å². The molecule has 0 saturated carbocycles. The lowest BCUT2D eigenvalue weighted by molar-refractivity contribution is -0.135. The van der Waals surface area contributed by atoms with Gasteiger partial charge in [0.05, 0.1) is 159 Å². The first-order valence-electron chi connectivity index (χ1n) is 35.9. The van der Waals surface area contributed by atoms with Crippen LogP contribution >= 0.6 is 0 Å². The zero-order valence-electron chi connectivity index (χ0n) is 60.5. The number of aryl methyl sites for hydroxylation is 6. The lowest BCUT2D eigenvalue weighted by atomic mass is 9.92. The summed E-state index contributed by atoms with van der Waals surface area (Å²) in [5.41, 5.74) is 4.22. The average molecular weight is 1470 g/mol. The van der Waals surface area contributed by atoms with Crippen LogP contribution in [0.3, 0.4) is 0 Å². The Hall–Kier alpha value is -8.82. The maximum atomic E-state index is 12.5. The molecule has 0 aliphatic carbocycles. The minimum Gasteiger partial charge on any atom is -0.427 e. The van der Waals surface area contributed by atoms with Crippen molar-refractivity contribution in [3.05, 3.63) is 145 Å². The molecule has 8 rings (SSSR count). The molecule has 564 valence electrons. The Morgan fingerprint density at radius 3 is 0.785 bits per heavy atom. The van der Waals surface area contributed by atoms with E-state index in [1.165, 1.54) is 0 Å². The Bertz CT molecular complexity index is 3550. The number of carbonyl (C=O) groups is 4. The number of rotatable bonds is 58. The molecule has 34 heteroatoms. The number of nitrogens with zero attached hydrogens (tertiary/aromatic N) is 12. The molecular formula is C73H92B4N12O18. The maximum absolute atomic E-state index is 12.5. The normalized spacial score (nSPS) is 11.5. The molecule has 0 amide bonds. The predicted molar refractivity (Wildman–Crippen MR) is 392 cm³/mol. The number of carbonyl (C=O) groups excluding carboxylic acids is 4. The van der Waals surface area contributed by atoms with Gasteiger partial charge in [-0.15, -0.1) is 20.4 Å². The van der Waals surface area contributed by atoms with Crippen molar-refractivity contribution >= 4 is 77.1 Å². The van der Waals surface area contributed by atoms with Crippen molar-refractivity contribution in [2.24, 2.45) is 5.41 Å². The van der Waals surface area contributed by atoms with Crippen molar-refractivity contribution in [3.63, 3.8) is 0 Å². The zero-order valence-corrected chi connectivity index (χ0v) is 60.5. The van der Waals surface area contributed by atoms with Crippen molar-refractivity contribution in [2.45, 2.75) is 103 Å². The van der Waals surface area contributed by atoms with Gasteiger partial charge in [-0.2, -0.15) is 0 Å². The number of hydrogen-bond donors (Lipinski definition) is 0. The van der Waals surface area contributed by atoms with E-state index >= 15 is 0 Å². The first-order valence-corrected chi connectivity index (χ1v) is 35.9. The van der Waals surface area contributed by atoms with Gasteiger partial charge in [0.2, 0.25) is 0 Å². The van der Waals surface area contributed by atoms with Gasteiger partial charge >= 0.3 is 23.9 Å². The number of aromatic nitrogens is 12. The van der Waals surface area contributed by atoms with Crippen LogP contribution < -0.4 is 40.8 Å². The van der Waals surface area contributed by atoms with Gasteiger partial charge in [-0.25, -0.2) is 9.36 Å². The molecule has 0 unspecified atom stereocenters. The lowest BCUT2D eigenvalue weighted by Crippen LogP contribution is -2.42. The van der Waals surface area contributed by atoms with E-state index in [-0.39, 0.29) is 90.5 Å². The molecule has 0 aliphatic rings. The molecule has 0 fully saturated rings. The van der Waals surface area contributed by atoms with E-state index in [1.807, 2.05) is 12.4 Å². The maximum Gasteiger partial charge on any atom is 0.311 e. The summed E-state index contributed by atoms with van der Waals surface area (Å²) in [5, 5.41) is 33.5. The van der Waals surface area contributed by atoms with Crippen molar-refractivity contribution < 1.29 is 85.5 Å². The van der Waals surface area contributed by atoms with E-state index in [9.17, 15) is 19.2 Å². The first kappa shape index (κ1) is 83.8. The highest BCUT2D eigenvalue weighted by atomic mass is 16.6. The van der Waals surface area contributed by atoms with Gasteiger partial charge < -0.3 is 66.3 Å². The van der Waals surface area contributed by atoms with Gasteiger partial charge in [0, 0.05) is 103 Å². The number of hydrogen-bond acceptors (Lipinski definition) is 26. The number of benzene rings is 4. The third-order valence-electron chi connectivity index (χ3n) is 15.7. The molecular weight excluding hydrogens is 1380 g/mol. The summed E-state index contributed by atoms with van der Waals surface area (Å²) in [5.74, 6) is 0.176. The second-order valence-electron chi connectivity index (χ2n) is 24.9. The van der Waals surface area contributed by atoms with E-state index in [0.29, 0.717) is 224 Å². The molecule has 0 N–H and O–H groups in total. The zero-order chi connectivity index (χ0) is 75.2. The fourth-order valence-corrected chi connectivity index (χ4v) is 10.0.